The maximum Gasteiger partial charge on any atom is 0.420 e. The normalized spacial score (nSPS) is 12.6. The third-order valence-electron chi connectivity index (χ3n) is 6.24. The molecule has 4 rings (SSSR count). The molecule has 0 aliphatic heterocycles. The third kappa shape index (κ3) is 6.73. The van der Waals surface area contributed by atoms with Gasteiger partial charge in [0.15, 0.2) is 0 Å². The molecule has 0 radical (unpaired) electrons. The molecular weight excluding hydrogens is 577 g/mol. The fourth-order valence-corrected chi connectivity index (χ4v) is 4.51. The lowest BCUT2D eigenvalue weighted by Gasteiger charge is -2.14. The molecule has 2 aromatic heterocycles. The van der Waals surface area contributed by atoms with Gasteiger partial charge in [0, 0.05) is 28.8 Å². The second-order valence-electron chi connectivity index (χ2n) is 10.3. The number of hydrogen-bond acceptors (Lipinski definition) is 7. The van der Waals surface area contributed by atoms with Crippen molar-refractivity contribution in [3.05, 3.63) is 77.3 Å². The molecule has 2 aromatic carbocycles. The Labute approximate surface area is 239 Å². The number of hydrogen-bond donors (Lipinski definition) is 1. The lowest BCUT2D eigenvalue weighted by atomic mass is 9.99. The Morgan fingerprint density at radius 1 is 1.12 bits per heavy atom. The highest BCUT2D eigenvalue weighted by Gasteiger charge is 2.35. The van der Waals surface area contributed by atoms with Gasteiger partial charge in [0.1, 0.15) is 35.5 Å². The van der Waals surface area contributed by atoms with E-state index in [2.05, 4.69) is 9.38 Å². The standard InChI is InChI=1S/C29H27F3N2O7S/c1-28(2,3)42(37,38)34-14-20-11-18(7-8-33-20)22-9-17(10-23-24(29(30,31)32)16-41-27(22)23)15-40-25-13-21(39-4)6-5-19(25)12-26(35)36/h5-11,13-14,16H,12,15H2,1-4H3,(H,35,36). The predicted octanol–water partition coefficient (Wildman–Crippen LogP) is 6.28. The smallest absolute Gasteiger partial charge is 0.420 e. The number of ether oxygens (including phenoxy) is 2. The molecule has 222 valence electrons. The number of furan rings is 1. The van der Waals surface area contributed by atoms with Crippen molar-refractivity contribution in [3.8, 4) is 22.6 Å². The number of carboxylic acid groups (broad SMARTS) is 1. The van der Waals surface area contributed by atoms with E-state index in [1.165, 1.54) is 64.4 Å². The average Bonchev–Trinajstić information content (AvgIpc) is 3.35. The minimum absolute atomic E-state index is 0.0459. The van der Waals surface area contributed by atoms with Gasteiger partial charge in [-0.3, -0.25) is 9.78 Å². The van der Waals surface area contributed by atoms with Crippen LogP contribution < -0.4 is 9.47 Å². The number of carbonyl (C=O) groups is 1. The fourth-order valence-electron chi connectivity index (χ4n) is 3.95. The van der Waals surface area contributed by atoms with Gasteiger partial charge >= 0.3 is 12.1 Å². The largest absolute Gasteiger partial charge is 0.497 e. The quantitative estimate of drug-likeness (QED) is 0.221. The van der Waals surface area contributed by atoms with E-state index in [0.717, 1.165) is 6.21 Å². The third-order valence-corrected chi connectivity index (χ3v) is 8.17. The van der Waals surface area contributed by atoms with Crippen LogP contribution in [0.4, 0.5) is 13.2 Å². The molecule has 9 nitrogen and oxygen atoms in total. The summed E-state index contributed by atoms with van der Waals surface area (Å²) in [7, 11) is -2.42. The SMILES string of the molecule is COc1ccc(CC(=O)O)c(OCc2cc(-c3ccnc(C=NS(=O)(=O)C(C)(C)C)c3)c3occ(C(F)(F)F)c3c2)c1. The maximum absolute atomic E-state index is 13.9. The highest BCUT2D eigenvalue weighted by molar-refractivity contribution is 7.91. The Kier molecular flexibility index (Phi) is 8.35. The molecule has 0 saturated carbocycles. The summed E-state index contributed by atoms with van der Waals surface area (Å²) in [5.74, 6) is -0.484. The van der Waals surface area contributed by atoms with Gasteiger partial charge < -0.3 is 19.0 Å². The molecule has 42 heavy (non-hydrogen) atoms. The average molecular weight is 605 g/mol. The summed E-state index contributed by atoms with van der Waals surface area (Å²) in [6.45, 7) is 4.28. The molecule has 0 spiro atoms. The predicted molar refractivity (Wildman–Crippen MR) is 149 cm³/mol. The topological polar surface area (TPSA) is 128 Å². The number of halogens is 3. The van der Waals surface area contributed by atoms with Crippen LogP contribution >= 0.6 is 0 Å². The highest BCUT2D eigenvalue weighted by atomic mass is 32.2. The van der Waals surface area contributed by atoms with Crippen molar-refractivity contribution in [2.24, 2.45) is 4.40 Å². The molecule has 4 aromatic rings. The van der Waals surface area contributed by atoms with Gasteiger partial charge in [-0.2, -0.15) is 17.6 Å². The lowest BCUT2D eigenvalue weighted by molar-refractivity contribution is -0.137. The van der Waals surface area contributed by atoms with Crippen molar-refractivity contribution in [1.29, 1.82) is 0 Å². The number of alkyl halides is 3. The van der Waals surface area contributed by atoms with Crippen LogP contribution in [0.1, 0.15) is 43.2 Å². The fraction of sp³-hybridized carbons (Fsp3) is 0.276. The van der Waals surface area contributed by atoms with Gasteiger partial charge in [-0.1, -0.05) is 6.07 Å². The lowest BCUT2D eigenvalue weighted by Crippen LogP contribution is -2.25. The molecule has 13 heteroatoms. The van der Waals surface area contributed by atoms with E-state index in [4.69, 9.17) is 13.9 Å². The van der Waals surface area contributed by atoms with Crippen LogP contribution in [-0.2, 0) is 34.0 Å². The molecule has 0 amide bonds. The summed E-state index contributed by atoms with van der Waals surface area (Å²) in [4.78, 5) is 15.4. The molecule has 0 saturated heterocycles. The first-order valence-corrected chi connectivity index (χ1v) is 13.9. The van der Waals surface area contributed by atoms with Crippen molar-refractivity contribution in [1.82, 2.24) is 4.98 Å². The molecule has 0 fully saturated rings. The Bertz CT molecular complexity index is 1770. The second kappa shape index (κ2) is 11.5. The summed E-state index contributed by atoms with van der Waals surface area (Å²) >= 11 is 0. The number of rotatable bonds is 9. The minimum Gasteiger partial charge on any atom is -0.497 e. The number of aliphatic carboxylic acids is 1. The van der Waals surface area contributed by atoms with E-state index in [1.54, 1.807) is 12.1 Å². The number of carboxylic acids is 1. The molecule has 0 aliphatic rings. The minimum atomic E-state index is -4.71. The van der Waals surface area contributed by atoms with Crippen molar-refractivity contribution < 1.29 is 45.4 Å². The first-order valence-electron chi connectivity index (χ1n) is 12.5. The van der Waals surface area contributed by atoms with Crippen molar-refractivity contribution >= 4 is 33.2 Å². The molecule has 0 aliphatic carbocycles. The van der Waals surface area contributed by atoms with Gasteiger partial charge in [-0.05, 0) is 62.2 Å². The van der Waals surface area contributed by atoms with Crippen LogP contribution in [0.2, 0.25) is 0 Å². The summed E-state index contributed by atoms with van der Waals surface area (Å²) in [5, 5.41) is 9.05. The molecule has 0 bridgehead atoms. The van der Waals surface area contributed by atoms with Crippen molar-refractivity contribution in [3.63, 3.8) is 0 Å². The van der Waals surface area contributed by atoms with Gasteiger partial charge in [0.05, 0.1) is 30.2 Å². The Balaban J connectivity index is 1.79. The number of methoxy groups -OCH3 is 1. The zero-order valence-corrected chi connectivity index (χ0v) is 23.8. The first kappa shape index (κ1) is 30.6. The molecule has 2 heterocycles. The molecule has 0 atom stereocenters. The molecular formula is C29H27F3N2O7S. The van der Waals surface area contributed by atoms with E-state index >= 15 is 0 Å². The summed E-state index contributed by atoms with van der Waals surface area (Å²) in [6, 6.07) is 10.5. The van der Waals surface area contributed by atoms with E-state index in [9.17, 15) is 31.5 Å². The van der Waals surface area contributed by atoms with Crippen LogP contribution in [0.15, 0.2) is 63.7 Å². The Morgan fingerprint density at radius 3 is 2.50 bits per heavy atom. The summed E-state index contributed by atoms with van der Waals surface area (Å²) in [5.41, 5.74) is 0.475. The van der Waals surface area contributed by atoms with Gasteiger partial charge in [-0.25, -0.2) is 8.42 Å². The van der Waals surface area contributed by atoms with Crippen LogP contribution in [0.3, 0.4) is 0 Å². The number of aromatic nitrogens is 1. The maximum atomic E-state index is 13.9. The number of fused-ring (bicyclic) bond motifs is 1. The van der Waals surface area contributed by atoms with E-state index in [1.807, 2.05) is 0 Å². The number of benzene rings is 2. The zero-order chi connectivity index (χ0) is 30.9. The van der Waals surface area contributed by atoms with E-state index in [-0.39, 0.29) is 41.0 Å². The molecule has 1 N–H and O–H groups in total. The highest BCUT2D eigenvalue weighted by Crippen LogP contribution is 2.40. The summed E-state index contributed by atoms with van der Waals surface area (Å²) in [6.07, 6.45) is -1.97. The number of sulfonamides is 1. The first-order chi connectivity index (χ1) is 19.6. The Hall–Kier alpha value is -4.39. The van der Waals surface area contributed by atoms with E-state index in [0.29, 0.717) is 28.7 Å². The number of nitrogens with zero attached hydrogens (tertiary/aromatic N) is 2. The molecule has 0 unspecified atom stereocenters. The van der Waals surface area contributed by atoms with Gasteiger partial charge in [0.25, 0.3) is 10.0 Å². The monoisotopic (exact) mass is 604 g/mol. The van der Waals surface area contributed by atoms with Crippen LogP contribution in [0, 0.1) is 0 Å². The van der Waals surface area contributed by atoms with Crippen LogP contribution in [-0.4, -0.2) is 42.5 Å². The van der Waals surface area contributed by atoms with Gasteiger partial charge in [0.2, 0.25) is 0 Å². The van der Waals surface area contributed by atoms with E-state index < -0.39 is 32.5 Å². The van der Waals surface area contributed by atoms with Crippen molar-refractivity contribution in [2.75, 3.05) is 7.11 Å². The van der Waals surface area contributed by atoms with Crippen LogP contribution in [0.5, 0.6) is 11.5 Å². The zero-order valence-electron chi connectivity index (χ0n) is 23.0. The number of pyridine rings is 1. The second-order valence-corrected chi connectivity index (χ2v) is 12.7. The Morgan fingerprint density at radius 2 is 1.86 bits per heavy atom. The van der Waals surface area contributed by atoms with Crippen LogP contribution in [0.25, 0.3) is 22.1 Å². The van der Waals surface area contributed by atoms with Gasteiger partial charge in [-0.15, -0.1) is 0 Å². The van der Waals surface area contributed by atoms with Crippen molar-refractivity contribution in [2.45, 2.75) is 44.7 Å². The summed E-state index contributed by atoms with van der Waals surface area (Å²) < 4.78 is 85.4.